The summed E-state index contributed by atoms with van der Waals surface area (Å²) in [5.41, 5.74) is 5.87. The first-order valence-corrected chi connectivity index (χ1v) is 14.7. The molecule has 6 rings (SSSR count). The Kier molecular flexibility index (Phi) is 7.47. The molecule has 0 aromatic carbocycles. The maximum Gasteiger partial charge on any atom is 0.332 e. The van der Waals surface area contributed by atoms with Crippen molar-refractivity contribution >= 4 is 39.3 Å². The van der Waals surface area contributed by atoms with E-state index in [4.69, 9.17) is 19.6 Å². The quantitative estimate of drug-likeness (QED) is 0.346. The molecule has 12 nitrogen and oxygen atoms in total. The maximum absolute atomic E-state index is 13.7. The highest BCUT2D eigenvalue weighted by molar-refractivity contribution is 7.17. The number of fused-ring (bicyclic) bond motifs is 3. The van der Waals surface area contributed by atoms with Crippen LogP contribution in [0.5, 0.6) is 5.88 Å². The van der Waals surface area contributed by atoms with E-state index in [2.05, 4.69) is 26.3 Å². The fraction of sp³-hybridized carbons (Fsp3) is 0.500. The highest BCUT2D eigenvalue weighted by Crippen LogP contribution is 2.46. The summed E-state index contributed by atoms with van der Waals surface area (Å²) in [7, 11) is 1.31. The zero-order valence-electron chi connectivity index (χ0n) is 22.7. The van der Waals surface area contributed by atoms with Crippen molar-refractivity contribution in [3.63, 3.8) is 0 Å². The number of oxazole rings is 1. The van der Waals surface area contributed by atoms with Gasteiger partial charge in [0, 0.05) is 12.3 Å². The Morgan fingerprint density at radius 2 is 2.15 bits per heavy atom. The van der Waals surface area contributed by atoms with E-state index in [0.29, 0.717) is 24.2 Å². The van der Waals surface area contributed by atoms with E-state index in [-0.39, 0.29) is 36.5 Å². The van der Waals surface area contributed by atoms with Gasteiger partial charge in [0.1, 0.15) is 28.6 Å². The van der Waals surface area contributed by atoms with E-state index in [0.717, 1.165) is 30.4 Å². The molecule has 1 aliphatic carbocycles. The minimum Gasteiger partial charge on any atom is -0.471 e. The smallest absolute Gasteiger partial charge is 0.332 e. The van der Waals surface area contributed by atoms with Gasteiger partial charge in [-0.15, -0.1) is 11.3 Å². The number of aromatic nitrogens is 3. The lowest BCUT2D eigenvalue weighted by atomic mass is 10.1. The number of esters is 1. The second-order valence-electron chi connectivity index (χ2n) is 10.7. The van der Waals surface area contributed by atoms with E-state index in [1.54, 1.807) is 0 Å². The third kappa shape index (κ3) is 5.31. The van der Waals surface area contributed by atoms with Gasteiger partial charge in [-0.2, -0.15) is 4.98 Å². The van der Waals surface area contributed by atoms with Crippen molar-refractivity contribution in [1.82, 2.24) is 25.2 Å². The number of methoxy groups -OCH3 is 1. The number of allylic oxidation sites excluding steroid dienone is 1. The average molecular weight is 581 g/mol. The van der Waals surface area contributed by atoms with Gasteiger partial charge in [0.15, 0.2) is 0 Å². The third-order valence-electron chi connectivity index (χ3n) is 8.00. The molecule has 216 valence electrons. The fourth-order valence-electron chi connectivity index (χ4n) is 5.71. The zero-order valence-corrected chi connectivity index (χ0v) is 23.5. The van der Waals surface area contributed by atoms with Crippen molar-refractivity contribution in [2.45, 2.75) is 68.7 Å². The number of carbonyl (C=O) groups excluding carboxylic acids is 3. The van der Waals surface area contributed by atoms with Crippen LogP contribution >= 0.6 is 11.3 Å². The van der Waals surface area contributed by atoms with E-state index in [1.165, 1.54) is 35.8 Å². The Morgan fingerprint density at radius 1 is 1.27 bits per heavy atom. The Bertz CT molecular complexity index is 1470. The number of rotatable bonds is 4. The summed E-state index contributed by atoms with van der Waals surface area (Å²) in [6.07, 6.45) is 11.2. The van der Waals surface area contributed by atoms with E-state index >= 15 is 0 Å². The molecule has 3 aromatic heterocycles. The molecule has 5 heterocycles. The van der Waals surface area contributed by atoms with Crippen LogP contribution in [-0.4, -0.2) is 75.0 Å². The van der Waals surface area contributed by atoms with Gasteiger partial charge in [0.2, 0.25) is 23.5 Å². The molecule has 0 radical (unpaired) electrons. The molecule has 41 heavy (non-hydrogen) atoms. The molecule has 0 bridgehead atoms. The number of ether oxygens (including phenoxy) is 2. The number of hydrogen-bond donors (Lipinski definition) is 2. The molecule has 13 heteroatoms. The Hall–Kier alpha value is -3.84. The van der Waals surface area contributed by atoms with Crippen molar-refractivity contribution in [3.05, 3.63) is 36.1 Å². The second-order valence-corrected chi connectivity index (χ2v) is 11.7. The summed E-state index contributed by atoms with van der Waals surface area (Å²) in [5, 5.41) is 4.81. The number of carbonyl (C=O) groups is 3. The molecule has 0 unspecified atom stereocenters. The van der Waals surface area contributed by atoms with Crippen molar-refractivity contribution in [3.8, 4) is 17.6 Å². The monoisotopic (exact) mass is 580 g/mol. The summed E-state index contributed by atoms with van der Waals surface area (Å²) < 4.78 is 17.5. The second kappa shape index (κ2) is 11.2. The predicted octanol–water partition coefficient (Wildman–Crippen LogP) is 2.59. The molecule has 2 amide bonds. The van der Waals surface area contributed by atoms with Gasteiger partial charge < -0.3 is 29.8 Å². The van der Waals surface area contributed by atoms with Crippen LogP contribution in [0, 0.1) is 5.92 Å². The van der Waals surface area contributed by atoms with E-state index in [1.807, 2.05) is 17.5 Å². The lowest BCUT2D eigenvalue weighted by Crippen LogP contribution is -2.55. The highest BCUT2D eigenvalue weighted by atomic mass is 32.1. The van der Waals surface area contributed by atoms with Crippen LogP contribution in [0.3, 0.4) is 0 Å². The standard InChI is InChI=1S/C28H32N6O6S/c1-38-27(37)28-14-16(28)7-5-3-2-4-6-8-18(29)26(36)34-15-17(13-20(34)23(35)33-28)40-24-21-19(9-12-41-21)31-22(32-24)25-30-10-11-39-25/h5,7,9-12,16-18,20H,2-4,6,8,13-15,29H2,1H3,(H,33,35)/b7-5-/t16-,17+,18-,20-,28+/m0/s1. The summed E-state index contributed by atoms with van der Waals surface area (Å²) >= 11 is 1.42. The Labute approximate surface area is 240 Å². The number of nitrogens with one attached hydrogen (secondary N) is 1. The summed E-state index contributed by atoms with van der Waals surface area (Å²) in [6.45, 7) is 0.143. The van der Waals surface area contributed by atoms with Gasteiger partial charge in [-0.3, -0.25) is 9.59 Å². The first-order valence-electron chi connectivity index (χ1n) is 13.8. The van der Waals surface area contributed by atoms with Crippen molar-refractivity contribution in [2.24, 2.45) is 11.7 Å². The van der Waals surface area contributed by atoms with Crippen LogP contribution in [-0.2, 0) is 19.1 Å². The molecule has 3 aromatic rings. The van der Waals surface area contributed by atoms with Gasteiger partial charge in [0.25, 0.3) is 5.89 Å². The molecule has 2 aliphatic heterocycles. The molecule has 1 saturated carbocycles. The minimum atomic E-state index is -1.14. The fourth-order valence-corrected chi connectivity index (χ4v) is 6.48. The molecular formula is C28H32N6O6S. The van der Waals surface area contributed by atoms with Gasteiger partial charge in [-0.25, -0.2) is 14.8 Å². The van der Waals surface area contributed by atoms with Crippen LogP contribution < -0.4 is 15.8 Å². The number of amides is 2. The number of nitrogens with two attached hydrogens (primary N) is 1. The maximum atomic E-state index is 13.7. The zero-order chi connectivity index (χ0) is 28.6. The normalized spacial score (nSPS) is 29.6. The van der Waals surface area contributed by atoms with Gasteiger partial charge >= 0.3 is 5.97 Å². The molecule has 3 N–H and O–H groups in total. The van der Waals surface area contributed by atoms with Crippen molar-refractivity contribution in [1.29, 1.82) is 0 Å². The van der Waals surface area contributed by atoms with Crippen LogP contribution in [0.4, 0.5) is 0 Å². The highest BCUT2D eigenvalue weighted by Gasteiger charge is 2.62. The van der Waals surface area contributed by atoms with Crippen LogP contribution in [0.2, 0.25) is 0 Å². The Balaban J connectivity index is 1.29. The Morgan fingerprint density at radius 3 is 2.95 bits per heavy atom. The van der Waals surface area contributed by atoms with Gasteiger partial charge in [-0.05, 0) is 37.1 Å². The summed E-state index contributed by atoms with van der Waals surface area (Å²) in [5.74, 6) is -0.556. The van der Waals surface area contributed by atoms with Crippen LogP contribution in [0.15, 0.2) is 40.5 Å². The number of thiophene rings is 1. The molecule has 2 fully saturated rings. The summed E-state index contributed by atoms with van der Waals surface area (Å²) in [4.78, 5) is 54.8. The molecule has 1 saturated heterocycles. The SMILES string of the molecule is COC(=O)[C@@]12C[C@@H]1/C=C\CCCCC[C@H](N)C(=O)N1C[C@H](Oc3nc(-c4ncco4)nc4ccsc34)C[C@H]1C(=O)N2. The first kappa shape index (κ1) is 27.3. The predicted molar refractivity (Wildman–Crippen MR) is 149 cm³/mol. The lowest BCUT2D eigenvalue weighted by Gasteiger charge is -2.28. The van der Waals surface area contributed by atoms with Crippen molar-refractivity contribution < 1.29 is 28.3 Å². The molecule has 0 spiro atoms. The average Bonchev–Trinajstić information content (AvgIpc) is 3.46. The molecule has 5 atom stereocenters. The minimum absolute atomic E-state index is 0.143. The first-order chi connectivity index (χ1) is 19.9. The van der Waals surface area contributed by atoms with Crippen LogP contribution in [0.25, 0.3) is 21.9 Å². The summed E-state index contributed by atoms with van der Waals surface area (Å²) in [6, 6.07) is 0.234. The van der Waals surface area contributed by atoms with E-state index < -0.39 is 35.6 Å². The van der Waals surface area contributed by atoms with Gasteiger partial charge in [0.05, 0.1) is 31.4 Å². The third-order valence-corrected chi connectivity index (χ3v) is 8.90. The number of nitrogens with zero attached hydrogens (tertiary/aromatic N) is 4. The lowest BCUT2D eigenvalue weighted by molar-refractivity contribution is -0.148. The number of hydrogen-bond acceptors (Lipinski definition) is 11. The van der Waals surface area contributed by atoms with E-state index in [9.17, 15) is 14.4 Å². The molecular weight excluding hydrogens is 548 g/mol. The van der Waals surface area contributed by atoms with Gasteiger partial charge in [-0.1, -0.05) is 25.0 Å². The van der Waals surface area contributed by atoms with Crippen molar-refractivity contribution in [2.75, 3.05) is 13.7 Å². The molecule has 3 aliphatic rings. The largest absolute Gasteiger partial charge is 0.471 e. The topological polar surface area (TPSA) is 163 Å². The van der Waals surface area contributed by atoms with Crippen LogP contribution in [0.1, 0.15) is 44.9 Å².